The molecule has 2 aromatic heterocycles. The summed E-state index contributed by atoms with van der Waals surface area (Å²) in [4.78, 5) is 21.5. The predicted molar refractivity (Wildman–Crippen MR) is 189 cm³/mol. The Morgan fingerprint density at radius 3 is 2.19 bits per heavy atom. The normalized spacial score (nSPS) is 20.0. The lowest BCUT2D eigenvalue weighted by atomic mass is 9.89. The van der Waals surface area contributed by atoms with Crippen LogP contribution in [0.25, 0.3) is 5.69 Å². The van der Waals surface area contributed by atoms with E-state index < -0.39 is 29.6 Å². The Kier molecular flexibility index (Phi) is 9.83. The van der Waals surface area contributed by atoms with Gasteiger partial charge in [0.25, 0.3) is 0 Å². The van der Waals surface area contributed by atoms with Gasteiger partial charge in [0.15, 0.2) is 0 Å². The smallest absolute Gasteiger partial charge is 0.350 e. The van der Waals surface area contributed by atoms with Gasteiger partial charge in [-0.15, -0.1) is 0 Å². The van der Waals surface area contributed by atoms with E-state index in [2.05, 4.69) is 25.0 Å². The number of ether oxygens (including phenoxy) is 3. The lowest BCUT2D eigenvalue weighted by Crippen LogP contribution is -2.46. The topological polar surface area (TPSA) is 125 Å². The summed E-state index contributed by atoms with van der Waals surface area (Å²) in [6, 6.07) is 19.0. The number of piperazine rings is 1. The molecule has 3 aromatic carbocycles. The molecule has 0 spiro atoms. The van der Waals surface area contributed by atoms with E-state index in [1.807, 2.05) is 69.3 Å². The molecule has 0 saturated carbocycles. The number of hydrogen-bond donors (Lipinski definition) is 1. The Balaban J connectivity index is 0.914. The minimum atomic E-state index is -1.52. The number of aliphatic hydroxyl groups excluding tert-OH is 1. The molecule has 2 fully saturated rings. The van der Waals surface area contributed by atoms with Crippen LogP contribution in [0, 0.1) is 17.0 Å². The number of halogens is 2. The molecule has 2 aliphatic rings. The maximum Gasteiger partial charge on any atom is 0.350 e. The zero-order chi connectivity index (χ0) is 36.5. The monoisotopic (exact) mass is 716 g/mol. The predicted octanol–water partition coefficient (Wildman–Crippen LogP) is 3.98. The highest BCUT2D eigenvalue weighted by Gasteiger charge is 2.46. The summed E-state index contributed by atoms with van der Waals surface area (Å²) in [5, 5.41) is 18.7. The molecule has 7 rings (SSSR count). The summed E-state index contributed by atoms with van der Waals surface area (Å²) in [5.41, 5.74) is 2.29. The Morgan fingerprint density at radius 1 is 0.923 bits per heavy atom. The van der Waals surface area contributed by atoms with Crippen molar-refractivity contribution < 1.29 is 28.1 Å². The third-order valence-corrected chi connectivity index (χ3v) is 9.53. The average Bonchev–Trinajstić information content (AvgIpc) is 3.89. The van der Waals surface area contributed by atoms with Crippen molar-refractivity contribution in [3.8, 4) is 11.4 Å². The van der Waals surface area contributed by atoms with Crippen LogP contribution in [0.15, 0.2) is 90.5 Å². The third kappa shape index (κ3) is 7.56. The van der Waals surface area contributed by atoms with E-state index in [0.29, 0.717) is 11.4 Å². The zero-order valence-corrected chi connectivity index (χ0v) is 29.3. The van der Waals surface area contributed by atoms with Crippen LogP contribution in [0.5, 0.6) is 5.75 Å². The summed E-state index contributed by atoms with van der Waals surface area (Å²) in [6.07, 6.45) is 3.12. The maximum absolute atomic E-state index is 14.9. The highest BCUT2D eigenvalue weighted by molar-refractivity contribution is 5.54. The molecule has 0 aliphatic carbocycles. The van der Waals surface area contributed by atoms with Gasteiger partial charge >= 0.3 is 5.69 Å². The fourth-order valence-corrected chi connectivity index (χ4v) is 6.35. The third-order valence-electron chi connectivity index (χ3n) is 9.53. The standard InChI is InChI=1S/C37H42F2N8O5/c1-36(2,3)34(48)19-47-35(49)46(25-42-47)29-7-5-27(6-8-29)43-14-16-44(17-15-43)28-9-11-30(12-10-28)50-20-31-21-51-37(52-31,22-45-24-40-23-41-45)32-13-4-26(38)18-33(32)39/h4-13,18,23-25,31,34,48H,14-17,19-22H2,1-3H3. The van der Waals surface area contributed by atoms with Gasteiger partial charge in [-0.1, -0.05) is 20.8 Å². The van der Waals surface area contributed by atoms with E-state index in [4.69, 9.17) is 14.2 Å². The number of aromatic nitrogens is 6. The Bertz CT molecular complexity index is 2010. The van der Waals surface area contributed by atoms with E-state index in [9.17, 15) is 18.7 Å². The quantitative estimate of drug-likeness (QED) is 0.215. The Labute approximate surface area is 299 Å². The van der Waals surface area contributed by atoms with Crippen molar-refractivity contribution in [1.29, 1.82) is 0 Å². The minimum Gasteiger partial charge on any atom is -0.491 e. The van der Waals surface area contributed by atoms with E-state index in [1.165, 1.54) is 45.0 Å². The molecule has 274 valence electrons. The number of benzene rings is 3. The minimum absolute atomic E-state index is 0.0254. The maximum atomic E-state index is 14.9. The largest absolute Gasteiger partial charge is 0.491 e. The van der Waals surface area contributed by atoms with Crippen LogP contribution in [0.3, 0.4) is 0 Å². The second-order valence-electron chi connectivity index (χ2n) is 14.2. The van der Waals surface area contributed by atoms with E-state index >= 15 is 0 Å². The number of anilines is 2. The van der Waals surface area contributed by atoms with E-state index in [1.54, 1.807) is 0 Å². The van der Waals surface area contributed by atoms with Crippen molar-refractivity contribution in [3.63, 3.8) is 0 Å². The molecule has 0 radical (unpaired) electrons. The Hall–Kier alpha value is -5.12. The molecule has 2 saturated heterocycles. The summed E-state index contributed by atoms with van der Waals surface area (Å²) < 4.78 is 51.1. The van der Waals surface area contributed by atoms with Crippen molar-refractivity contribution in [1.82, 2.24) is 29.1 Å². The number of nitrogens with zero attached hydrogens (tertiary/aromatic N) is 8. The van der Waals surface area contributed by atoms with E-state index in [0.717, 1.165) is 43.6 Å². The SMILES string of the molecule is CC(C)(C)C(O)Cn1ncn(-c2ccc(N3CCN(c4ccc(OCC5COC(Cn6cncn6)(c6ccc(F)cc6F)O5)cc4)CC3)cc2)c1=O. The van der Waals surface area contributed by atoms with Crippen molar-refractivity contribution >= 4 is 11.4 Å². The van der Waals surface area contributed by atoms with Crippen LogP contribution in [-0.2, 0) is 28.4 Å². The van der Waals surface area contributed by atoms with Crippen molar-refractivity contribution in [2.24, 2.45) is 5.41 Å². The number of rotatable bonds is 11. The summed E-state index contributed by atoms with van der Waals surface area (Å²) in [7, 11) is 0. The fourth-order valence-electron chi connectivity index (χ4n) is 6.35. The number of aliphatic hydroxyl groups is 1. The van der Waals surface area contributed by atoms with Crippen molar-refractivity contribution in [2.45, 2.75) is 51.9 Å². The fraction of sp³-hybridized carbons (Fsp3) is 0.405. The van der Waals surface area contributed by atoms with E-state index in [-0.39, 0.29) is 43.0 Å². The molecular weight excluding hydrogens is 674 g/mol. The van der Waals surface area contributed by atoms with Gasteiger partial charge < -0.3 is 29.1 Å². The van der Waals surface area contributed by atoms with Gasteiger partial charge in [0.05, 0.1) is 24.9 Å². The van der Waals surface area contributed by atoms with Crippen LogP contribution >= 0.6 is 0 Å². The van der Waals surface area contributed by atoms with Gasteiger partial charge in [0.1, 0.15) is 55.6 Å². The summed E-state index contributed by atoms with van der Waals surface area (Å²) in [6.45, 7) is 9.53. The molecule has 3 unspecified atom stereocenters. The molecule has 0 bridgehead atoms. The van der Waals surface area contributed by atoms with Crippen LogP contribution in [0.1, 0.15) is 26.3 Å². The van der Waals surface area contributed by atoms with Crippen LogP contribution < -0.4 is 20.2 Å². The molecular formula is C37H42F2N8O5. The van der Waals surface area contributed by atoms with Crippen molar-refractivity contribution in [3.05, 3.63) is 113 Å². The van der Waals surface area contributed by atoms with Gasteiger partial charge in [0, 0.05) is 49.2 Å². The Morgan fingerprint density at radius 2 is 1.58 bits per heavy atom. The first-order chi connectivity index (χ1) is 25.0. The highest BCUT2D eigenvalue weighted by Crippen LogP contribution is 2.38. The lowest BCUT2D eigenvalue weighted by molar-refractivity contribution is -0.192. The molecule has 3 atom stereocenters. The summed E-state index contributed by atoms with van der Waals surface area (Å²) in [5.74, 6) is -2.33. The molecule has 4 heterocycles. The second-order valence-corrected chi connectivity index (χ2v) is 14.2. The molecule has 1 N–H and O–H groups in total. The second kappa shape index (κ2) is 14.5. The average molecular weight is 717 g/mol. The van der Waals surface area contributed by atoms with Gasteiger partial charge in [-0.25, -0.2) is 32.5 Å². The van der Waals surface area contributed by atoms with Gasteiger partial charge in [-0.05, 0) is 66.1 Å². The zero-order valence-electron chi connectivity index (χ0n) is 29.3. The van der Waals surface area contributed by atoms with Gasteiger partial charge in [-0.2, -0.15) is 10.2 Å². The molecule has 0 amide bonds. The van der Waals surface area contributed by atoms with Crippen LogP contribution in [0.4, 0.5) is 20.2 Å². The first-order valence-electron chi connectivity index (χ1n) is 17.2. The first-order valence-corrected chi connectivity index (χ1v) is 17.2. The summed E-state index contributed by atoms with van der Waals surface area (Å²) >= 11 is 0. The first kappa shape index (κ1) is 35.3. The molecule has 13 nitrogen and oxygen atoms in total. The van der Waals surface area contributed by atoms with Crippen molar-refractivity contribution in [2.75, 3.05) is 49.2 Å². The molecule has 52 heavy (non-hydrogen) atoms. The van der Waals surface area contributed by atoms with Crippen LogP contribution in [0.2, 0.25) is 0 Å². The van der Waals surface area contributed by atoms with Gasteiger partial charge in [-0.3, -0.25) is 0 Å². The highest BCUT2D eigenvalue weighted by atomic mass is 19.1. The molecule has 2 aliphatic heterocycles. The number of hydrogen-bond acceptors (Lipinski definition) is 10. The van der Waals surface area contributed by atoms with Crippen LogP contribution in [-0.4, -0.2) is 85.8 Å². The molecule has 5 aromatic rings. The molecule has 15 heteroatoms. The lowest BCUT2D eigenvalue weighted by Gasteiger charge is -2.37. The van der Waals surface area contributed by atoms with Gasteiger partial charge in [0.2, 0.25) is 5.79 Å².